The van der Waals surface area contributed by atoms with E-state index in [2.05, 4.69) is 37.2 Å². The van der Waals surface area contributed by atoms with Crippen molar-refractivity contribution in [1.29, 1.82) is 0 Å². The van der Waals surface area contributed by atoms with E-state index >= 15 is 0 Å². The van der Waals surface area contributed by atoms with Crippen LogP contribution in [0.1, 0.15) is 87.5 Å². The van der Waals surface area contributed by atoms with E-state index in [0.717, 1.165) is 25.6 Å². The Morgan fingerprint density at radius 1 is 0.522 bits per heavy atom. The summed E-state index contributed by atoms with van der Waals surface area (Å²) in [5.74, 6) is -19.5. The van der Waals surface area contributed by atoms with Crippen LogP contribution in [0.2, 0.25) is 0 Å². The van der Waals surface area contributed by atoms with Crippen molar-refractivity contribution in [1.82, 2.24) is 47.9 Å². The number of aliphatic carboxylic acids is 1. The first kappa shape index (κ1) is 79.9. The molecule has 3 saturated heterocycles. The summed E-state index contributed by atoms with van der Waals surface area (Å²) in [6, 6.07) is -18.1. The molecule has 524 valence electrons. The fourth-order valence-corrected chi connectivity index (χ4v) is 10.9. The molecule has 2 unspecified atom stereocenters. The van der Waals surface area contributed by atoms with Crippen LogP contribution in [0, 0.1) is 11.8 Å². The highest BCUT2D eigenvalue weighted by Crippen LogP contribution is 2.45. The zero-order valence-corrected chi connectivity index (χ0v) is 53.1. The van der Waals surface area contributed by atoms with Gasteiger partial charge < -0.3 is 130 Å². The second-order valence-electron chi connectivity index (χ2n) is 23.5. The molecule has 0 saturated carbocycles. The van der Waals surface area contributed by atoms with Crippen LogP contribution in [0.5, 0.6) is 0 Å². The number of fused-ring (bicyclic) bond motifs is 3. The molecule has 0 radical (unpaired) electrons. The third-order valence-corrected chi connectivity index (χ3v) is 15.6. The van der Waals surface area contributed by atoms with Gasteiger partial charge in [-0.1, -0.05) is 13.8 Å². The minimum atomic E-state index is -2.07. The Balaban J connectivity index is 1.97. The molecule has 0 aromatic rings. The number of Topliss-reactive ketones (excluding diaryl/α,β-unsaturated/α-hetero) is 1. The van der Waals surface area contributed by atoms with Crippen LogP contribution in [-0.4, -0.2) is 278 Å². The number of amides is 10. The molecule has 92 heavy (non-hydrogen) atoms. The number of carbonyl (C=O) groups excluding carboxylic acids is 11. The van der Waals surface area contributed by atoms with Gasteiger partial charge in [-0.2, -0.15) is 11.8 Å². The first-order valence-electron chi connectivity index (χ1n) is 29.5. The van der Waals surface area contributed by atoms with Crippen LogP contribution in [0.4, 0.5) is 0 Å². The van der Waals surface area contributed by atoms with Crippen LogP contribution in [0.25, 0.3) is 0 Å². The van der Waals surface area contributed by atoms with E-state index in [-0.39, 0.29) is 25.1 Å². The molecule has 0 bridgehead atoms. The van der Waals surface area contributed by atoms with Gasteiger partial charge in [-0.05, 0) is 79.7 Å². The number of carbonyl (C=O) groups is 12. The van der Waals surface area contributed by atoms with E-state index in [1.807, 2.05) is 10.6 Å². The average Bonchev–Trinajstić information content (AvgIpc) is 1.59. The SMILES string of the molecule is CC(=O)C(CSC[C@H](NC(=O)[C@H](CO)NC(=O)[C@H](CO)NC(=O)[C@H](CO)NC(=O)[C@@H](NC(=O)[C@@H](N)CO)[C@@H](C)O)C(=O)N[C@@H](CC(N)=O)C(=O)N[C@@H](CC(C)C)C(=O)N[C@@H](CO)C(=O)N[C@@H](CCCCN)C(=O)O)C(O)[C@H]1O[C@@H]2OC(C)(C)O[C@@H]2[C@H]2OC(C)(C)O[C@H]21. The number of nitrogens with one attached hydrogen (secondary N) is 9. The monoisotopic (exact) mass is 1340 g/mol. The summed E-state index contributed by atoms with van der Waals surface area (Å²) in [7, 11) is 0. The number of thioether (sulfide) groups is 1. The first-order chi connectivity index (χ1) is 43.0. The topological polar surface area (TPSA) is 599 Å². The van der Waals surface area contributed by atoms with Crippen molar-refractivity contribution in [3.8, 4) is 0 Å². The molecule has 18 atom stereocenters. The van der Waals surface area contributed by atoms with E-state index in [4.69, 9.17) is 40.9 Å². The van der Waals surface area contributed by atoms with Gasteiger partial charge in [0.15, 0.2) is 17.9 Å². The normalized spacial score (nSPS) is 23.0. The lowest BCUT2D eigenvalue weighted by atomic mass is 9.88. The minimum absolute atomic E-state index is 0.0456. The number of hydrogen-bond acceptors (Lipinski definition) is 27. The molecular weight excluding hydrogens is 1250 g/mol. The number of aliphatic hydroxyl groups is 7. The molecule has 0 spiro atoms. The molecule has 3 aliphatic heterocycles. The zero-order chi connectivity index (χ0) is 69.7. The van der Waals surface area contributed by atoms with E-state index in [1.54, 1.807) is 41.5 Å². The van der Waals surface area contributed by atoms with Gasteiger partial charge in [-0.3, -0.25) is 52.7 Å². The molecule has 0 aliphatic carbocycles. The van der Waals surface area contributed by atoms with Gasteiger partial charge in [0, 0.05) is 11.5 Å². The number of ketones is 1. The largest absolute Gasteiger partial charge is 0.480 e. The first-order valence-corrected chi connectivity index (χ1v) is 30.7. The molecule has 3 aliphatic rings. The number of carboxylic acid groups (broad SMARTS) is 1. The van der Waals surface area contributed by atoms with Crippen LogP contribution >= 0.6 is 11.8 Å². The van der Waals surface area contributed by atoms with Crippen molar-refractivity contribution in [2.24, 2.45) is 29.0 Å². The predicted octanol–water partition coefficient (Wildman–Crippen LogP) is -10.1. The third-order valence-electron chi connectivity index (χ3n) is 14.5. The van der Waals surface area contributed by atoms with Crippen molar-refractivity contribution in [2.45, 2.75) is 202 Å². The van der Waals surface area contributed by atoms with Crippen molar-refractivity contribution in [2.75, 3.05) is 51.1 Å². The fraction of sp³-hybridized carbons (Fsp3) is 0.778. The van der Waals surface area contributed by atoms with Crippen molar-refractivity contribution in [3.05, 3.63) is 0 Å². The molecule has 23 N–H and O–H groups in total. The Bertz CT molecular complexity index is 2570. The molecule has 0 aromatic heterocycles. The quantitative estimate of drug-likeness (QED) is 0.0253. The maximum atomic E-state index is 14.5. The number of aliphatic hydroxyl groups excluding tert-OH is 7. The number of unbranched alkanes of at least 4 members (excludes halogenated alkanes) is 1. The molecule has 10 amide bonds. The predicted molar refractivity (Wildman–Crippen MR) is 316 cm³/mol. The number of rotatable bonds is 40. The lowest BCUT2D eigenvalue weighted by Crippen LogP contribution is -2.63. The minimum Gasteiger partial charge on any atom is -0.480 e. The Labute approximate surface area is 533 Å². The van der Waals surface area contributed by atoms with Gasteiger partial charge in [-0.25, -0.2) is 4.79 Å². The standard InChI is InChI=1S/C54H92N12O25S/c1-22(2)13-28(43(77)61-30(16-68)45(79)58-27(51(85)86)11-9-10-12-55)59-44(78)29(14-35(57)74)60-49(83)34(21-92-20-25(23(3)72)37(75)38-39-40(89-53(5,6)88-39)41-52(87-38)91-54(7,8)90-41)65-48(82)32(18-70)63-46(80)31(17-69)62-47(81)33(19-71)64-50(84)36(24(4)73)66-42(76)26(56)15-67/h22,24-34,36-41,52,67-71,73,75H,9-21,55-56H2,1-8H3,(H2,57,74)(H,58,79)(H,59,78)(H,60,83)(H,61,77)(H,62,81)(H,63,80)(H,64,84)(H,65,82)(H,66,76)(H,85,86)/t24-,25?,26+,27+,28+,29+,30+,31+,32+,33+,34+,36+,37?,38-,39+,40+,41-,52-/m1/s1. The fourth-order valence-electron chi connectivity index (χ4n) is 9.65. The van der Waals surface area contributed by atoms with Gasteiger partial charge in [0.2, 0.25) is 59.1 Å². The molecule has 38 heteroatoms. The second kappa shape index (κ2) is 36.9. The van der Waals surface area contributed by atoms with E-state index in [9.17, 15) is 98.4 Å². The summed E-state index contributed by atoms with van der Waals surface area (Å²) in [6.45, 7) is 6.61. The molecule has 37 nitrogen and oxygen atoms in total. The zero-order valence-electron chi connectivity index (χ0n) is 52.3. The van der Waals surface area contributed by atoms with Gasteiger partial charge in [0.1, 0.15) is 90.6 Å². The maximum absolute atomic E-state index is 14.5. The highest BCUT2D eigenvalue weighted by Gasteiger charge is 2.62. The number of nitrogens with two attached hydrogens (primary N) is 3. The summed E-state index contributed by atoms with van der Waals surface area (Å²) in [5.41, 5.74) is 16.5. The summed E-state index contributed by atoms with van der Waals surface area (Å²) in [5, 5.41) is 101. The van der Waals surface area contributed by atoms with Gasteiger partial charge >= 0.3 is 5.97 Å². The van der Waals surface area contributed by atoms with E-state index in [0.29, 0.717) is 12.8 Å². The van der Waals surface area contributed by atoms with Crippen LogP contribution in [-0.2, 0) is 81.2 Å². The summed E-state index contributed by atoms with van der Waals surface area (Å²) < 4.78 is 30.5. The highest BCUT2D eigenvalue weighted by molar-refractivity contribution is 7.99. The van der Waals surface area contributed by atoms with E-state index < -0.39 is 243 Å². The molecule has 0 aromatic carbocycles. The van der Waals surface area contributed by atoms with Crippen molar-refractivity contribution >= 4 is 82.6 Å². The number of ether oxygens (including phenoxy) is 5. The molecule has 3 rings (SSSR count). The van der Waals surface area contributed by atoms with Gasteiger partial charge in [0.05, 0.1) is 57.6 Å². The van der Waals surface area contributed by atoms with Crippen LogP contribution in [0.3, 0.4) is 0 Å². The maximum Gasteiger partial charge on any atom is 0.326 e. The summed E-state index contributed by atoms with van der Waals surface area (Å²) in [4.78, 5) is 160. The number of primary amides is 1. The number of carboxylic acids is 1. The average molecular weight is 1340 g/mol. The second-order valence-corrected chi connectivity index (χ2v) is 24.6. The highest BCUT2D eigenvalue weighted by atomic mass is 32.2. The Kier molecular flexibility index (Phi) is 32.0. The Morgan fingerprint density at radius 2 is 0.946 bits per heavy atom. The summed E-state index contributed by atoms with van der Waals surface area (Å²) >= 11 is 0.754. The van der Waals surface area contributed by atoms with E-state index in [1.165, 1.54) is 0 Å². The lowest BCUT2D eigenvalue weighted by molar-refractivity contribution is -0.256. The smallest absolute Gasteiger partial charge is 0.326 e. The van der Waals surface area contributed by atoms with Gasteiger partial charge in [0.25, 0.3) is 0 Å². The molecule has 3 heterocycles. The van der Waals surface area contributed by atoms with Gasteiger partial charge in [-0.15, -0.1) is 0 Å². The summed E-state index contributed by atoms with van der Waals surface area (Å²) in [6.07, 6.45) is -8.91. The van der Waals surface area contributed by atoms with Crippen molar-refractivity contribution < 1.29 is 122 Å². The number of hydrogen-bond donors (Lipinski definition) is 20. The molecular formula is C54H92N12O25S. The Hall–Kier alpha value is -6.37. The molecule has 3 fully saturated rings. The lowest BCUT2D eigenvalue weighted by Gasteiger charge is -2.40. The third kappa shape index (κ3) is 23.9. The Morgan fingerprint density at radius 3 is 1.40 bits per heavy atom. The van der Waals surface area contributed by atoms with Crippen LogP contribution in [0.15, 0.2) is 0 Å². The van der Waals surface area contributed by atoms with Crippen molar-refractivity contribution in [3.63, 3.8) is 0 Å². The van der Waals surface area contributed by atoms with Crippen LogP contribution < -0.4 is 65.1 Å².